The molecule has 0 aliphatic rings. The van der Waals surface area contributed by atoms with Gasteiger partial charge in [0, 0.05) is 59.2 Å². The normalized spacial score (nSPS) is 11.2. The molecule has 47 heavy (non-hydrogen) atoms. The molecule has 0 aliphatic heterocycles. The number of nitrogens with two attached hydrogens (primary N) is 2. The van der Waals surface area contributed by atoms with Crippen LogP contribution in [0, 0.1) is 0 Å². The number of amides is 1. The molecule has 12 heteroatoms. The minimum atomic E-state index is 0.0181. The predicted octanol–water partition coefficient (Wildman–Crippen LogP) is 5.17. The van der Waals surface area contributed by atoms with Crippen molar-refractivity contribution < 1.29 is 28.3 Å². The summed E-state index contributed by atoms with van der Waals surface area (Å²) in [4.78, 5) is 15.4. The first-order chi connectivity index (χ1) is 23.1. The third-order valence-electron chi connectivity index (χ3n) is 7.57. The molecule has 1 amide bonds. The standard InChI is InChI=1S/C35H45N7O5/c36-14-17-44-19-21-46-23-24-47-22-20-45-18-15-39-34(43)9-5-2-6-16-42-33-25-28(37)10-12-31(33)30-13-11-29(40-41-38)26-32(30)35(42)27-7-3-1-4-8-27/h1,3-4,7-8,10-13,25-26,37H,2,5-6,9,14-24,36H2,(H,39,43)/p+1. The molecule has 0 radical (unpaired) electrons. The largest absolute Gasteiger partial charge is 0.399 e. The maximum absolute atomic E-state index is 12.4. The van der Waals surface area contributed by atoms with E-state index in [0.29, 0.717) is 83.7 Å². The lowest BCUT2D eigenvalue weighted by Crippen LogP contribution is -2.37. The number of azide groups is 1. The number of unbranched alkanes of at least 4 members (excludes halogenated alkanes) is 2. The number of aryl methyl sites for hydroxylation is 1. The maximum Gasteiger partial charge on any atom is 0.220 e. The van der Waals surface area contributed by atoms with Gasteiger partial charge in [-0.3, -0.25) is 4.79 Å². The van der Waals surface area contributed by atoms with Gasteiger partial charge in [-0.1, -0.05) is 35.4 Å². The summed E-state index contributed by atoms with van der Waals surface area (Å²) in [7, 11) is 0. The second kappa shape index (κ2) is 20.1. The van der Waals surface area contributed by atoms with Crippen LogP contribution in [0.1, 0.15) is 25.7 Å². The SMILES string of the molecule is [N-]=[N+]=Nc1ccc2c(c1)c(-c1ccccc1)[n+](CCCCCC(=O)NCCOCCOCCOCCOCCN)c1cc(N)ccc21. The number of rotatable bonds is 22. The number of hydrogen-bond donors (Lipinski definition) is 3. The second-order valence-corrected chi connectivity index (χ2v) is 11.0. The summed E-state index contributed by atoms with van der Waals surface area (Å²) in [5, 5.41) is 9.93. The average Bonchev–Trinajstić information content (AvgIpc) is 3.08. The summed E-state index contributed by atoms with van der Waals surface area (Å²) in [6, 6.07) is 22.0. The summed E-state index contributed by atoms with van der Waals surface area (Å²) >= 11 is 0. The van der Waals surface area contributed by atoms with E-state index in [0.717, 1.165) is 58.7 Å². The number of aromatic nitrogens is 1. The van der Waals surface area contributed by atoms with Crippen LogP contribution < -0.4 is 21.4 Å². The van der Waals surface area contributed by atoms with E-state index < -0.39 is 0 Å². The first-order valence-corrected chi connectivity index (χ1v) is 16.2. The molecule has 0 atom stereocenters. The van der Waals surface area contributed by atoms with Gasteiger partial charge in [-0.2, -0.15) is 4.57 Å². The van der Waals surface area contributed by atoms with Crippen LogP contribution in [-0.4, -0.2) is 71.9 Å². The van der Waals surface area contributed by atoms with Crippen molar-refractivity contribution in [2.24, 2.45) is 10.8 Å². The van der Waals surface area contributed by atoms with Gasteiger partial charge in [0.05, 0.1) is 63.6 Å². The van der Waals surface area contributed by atoms with Crippen LogP contribution in [0.5, 0.6) is 0 Å². The smallest absolute Gasteiger partial charge is 0.220 e. The Labute approximate surface area is 275 Å². The molecular weight excluding hydrogens is 598 g/mol. The molecule has 4 aromatic rings. The molecule has 0 unspecified atom stereocenters. The number of ether oxygens (including phenoxy) is 4. The summed E-state index contributed by atoms with van der Waals surface area (Å²) < 4.78 is 23.9. The van der Waals surface area contributed by atoms with Gasteiger partial charge in [0.2, 0.25) is 17.1 Å². The number of benzene rings is 3. The van der Waals surface area contributed by atoms with Crippen LogP contribution in [0.15, 0.2) is 71.8 Å². The van der Waals surface area contributed by atoms with Crippen LogP contribution in [0.25, 0.3) is 43.4 Å². The molecule has 0 aliphatic carbocycles. The van der Waals surface area contributed by atoms with Gasteiger partial charge in [-0.05, 0) is 48.7 Å². The first kappa shape index (κ1) is 35.6. The number of nitrogen functional groups attached to an aromatic ring is 1. The lowest BCUT2D eigenvalue weighted by Gasteiger charge is -2.13. The van der Waals surface area contributed by atoms with E-state index in [1.54, 1.807) is 0 Å². The fraction of sp³-hybridized carbons (Fsp3) is 0.429. The highest BCUT2D eigenvalue weighted by molar-refractivity contribution is 6.10. The van der Waals surface area contributed by atoms with Crippen molar-refractivity contribution in [3.8, 4) is 11.3 Å². The summed E-state index contributed by atoms with van der Waals surface area (Å²) in [5.74, 6) is 0.0181. The van der Waals surface area contributed by atoms with Crippen LogP contribution in [0.4, 0.5) is 11.4 Å². The number of carbonyl (C=O) groups excluding carboxylic acids is 1. The number of anilines is 1. The Balaban J connectivity index is 1.24. The zero-order valence-corrected chi connectivity index (χ0v) is 26.9. The number of pyridine rings is 1. The maximum atomic E-state index is 12.4. The molecule has 1 heterocycles. The predicted molar refractivity (Wildman–Crippen MR) is 184 cm³/mol. The lowest BCUT2D eigenvalue weighted by atomic mass is 9.98. The minimum absolute atomic E-state index is 0.0181. The highest BCUT2D eigenvalue weighted by Gasteiger charge is 2.23. The van der Waals surface area contributed by atoms with Gasteiger partial charge in [-0.15, -0.1) is 0 Å². The average molecular weight is 645 g/mol. The highest BCUT2D eigenvalue weighted by atomic mass is 16.6. The number of fused-ring (bicyclic) bond motifs is 3. The molecule has 12 nitrogen and oxygen atoms in total. The Morgan fingerprint density at radius 2 is 1.47 bits per heavy atom. The van der Waals surface area contributed by atoms with Gasteiger partial charge in [-0.25, -0.2) is 0 Å². The number of nitrogens with one attached hydrogen (secondary N) is 1. The van der Waals surface area contributed by atoms with E-state index >= 15 is 0 Å². The zero-order valence-electron chi connectivity index (χ0n) is 26.9. The van der Waals surface area contributed by atoms with Gasteiger partial charge < -0.3 is 35.7 Å². The van der Waals surface area contributed by atoms with Crippen molar-refractivity contribution in [3.05, 3.63) is 77.2 Å². The lowest BCUT2D eigenvalue weighted by molar-refractivity contribution is -0.659. The Bertz CT molecular complexity index is 1610. The van der Waals surface area contributed by atoms with E-state index in [1.165, 1.54) is 0 Å². The molecule has 3 aromatic carbocycles. The van der Waals surface area contributed by atoms with Crippen molar-refractivity contribution in [3.63, 3.8) is 0 Å². The van der Waals surface area contributed by atoms with Gasteiger partial charge >= 0.3 is 0 Å². The van der Waals surface area contributed by atoms with Gasteiger partial charge in [0.1, 0.15) is 6.54 Å². The first-order valence-electron chi connectivity index (χ1n) is 16.2. The van der Waals surface area contributed by atoms with E-state index in [-0.39, 0.29) is 5.91 Å². The highest BCUT2D eigenvalue weighted by Crippen LogP contribution is 2.34. The third-order valence-corrected chi connectivity index (χ3v) is 7.57. The molecule has 0 bridgehead atoms. The van der Waals surface area contributed by atoms with Crippen molar-refractivity contribution in [1.29, 1.82) is 0 Å². The molecule has 250 valence electrons. The zero-order chi connectivity index (χ0) is 33.1. The van der Waals surface area contributed by atoms with Crippen molar-refractivity contribution in [2.45, 2.75) is 32.2 Å². The summed E-state index contributed by atoms with van der Waals surface area (Å²) in [6.07, 6.45) is 2.99. The Morgan fingerprint density at radius 1 is 0.787 bits per heavy atom. The summed E-state index contributed by atoms with van der Waals surface area (Å²) in [5.41, 5.74) is 25.1. The van der Waals surface area contributed by atoms with Crippen molar-refractivity contribution in [1.82, 2.24) is 5.32 Å². The fourth-order valence-electron chi connectivity index (χ4n) is 5.41. The Hall–Kier alpha value is -4.29. The molecule has 0 saturated heterocycles. The molecule has 0 saturated carbocycles. The van der Waals surface area contributed by atoms with E-state index in [2.05, 4.69) is 32.0 Å². The Kier molecular flexibility index (Phi) is 15.2. The molecule has 4 rings (SSSR count). The number of hydrogen-bond acceptors (Lipinski definition) is 8. The quantitative estimate of drug-likeness (QED) is 0.0201. The second-order valence-electron chi connectivity index (χ2n) is 11.0. The fourth-order valence-corrected chi connectivity index (χ4v) is 5.41. The van der Waals surface area contributed by atoms with Crippen molar-refractivity contribution in [2.75, 3.05) is 71.7 Å². The van der Waals surface area contributed by atoms with E-state index in [9.17, 15) is 4.79 Å². The minimum Gasteiger partial charge on any atom is -0.399 e. The third kappa shape index (κ3) is 11.2. The number of carbonyl (C=O) groups is 1. The van der Waals surface area contributed by atoms with Crippen molar-refractivity contribution >= 4 is 39.0 Å². The molecule has 0 spiro atoms. The molecule has 0 fully saturated rings. The molecular formula is C35H46N7O5+. The number of nitrogens with zero attached hydrogens (tertiary/aromatic N) is 4. The van der Waals surface area contributed by atoms with Crippen LogP contribution in [0.3, 0.4) is 0 Å². The van der Waals surface area contributed by atoms with Crippen LogP contribution in [0.2, 0.25) is 0 Å². The van der Waals surface area contributed by atoms with E-state index in [1.807, 2.05) is 54.6 Å². The van der Waals surface area contributed by atoms with E-state index in [4.69, 9.17) is 35.9 Å². The van der Waals surface area contributed by atoms with Crippen LogP contribution >= 0.6 is 0 Å². The topological polar surface area (TPSA) is 171 Å². The molecule has 5 N–H and O–H groups in total. The van der Waals surface area contributed by atoms with Gasteiger partial charge in [0.25, 0.3) is 0 Å². The van der Waals surface area contributed by atoms with Gasteiger partial charge in [0.15, 0.2) is 0 Å². The Morgan fingerprint density at radius 3 is 2.17 bits per heavy atom. The monoisotopic (exact) mass is 644 g/mol. The van der Waals surface area contributed by atoms with Crippen LogP contribution in [-0.2, 0) is 30.3 Å². The molecule has 1 aromatic heterocycles. The summed E-state index contributed by atoms with van der Waals surface area (Å²) in [6.45, 7) is 5.65.